The number of hydrogen-bond acceptors (Lipinski definition) is 2. The predicted octanol–water partition coefficient (Wildman–Crippen LogP) is 3.46. The molecule has 2 fully saturated rings. The maximum absolute atomic E-state index is 5.68. The van der Waals surface area contributed by atoms with Crippen LogP contribution in [0.4, 0.5) is 0 Å². The third kappa shape index (κ3) is 3.48. The Morgan fingerprint density at radius 3 is 2.11 bits per heavy atom. The molecule has 0 aromatic rings. The molecule has 2 rings (SSSR count). The Bertz CT molecular complexity index is 227. The fourth-order valence-electron chi connectivity index (χ4n) is 4.08. The molecule has 1 saturated carbocycles. The van der Waals surface area contributed by atoms with E-state index in [2.05, 4.69) is 26.2 Å². The Morgan fingerprint density at radius 2 is 1.61 bits per heavy atom. The molecule has 2 atom stereocenters. The highest BCUT2D eigenvalue weighted by Crippen LogP contribution is 2.37. The van der Waals surface area contributed by atoms with Crippen LogP contribution in [0.15, 0.2) is 0 Å². The Balaban J connectivity index is 1.85. The zero-order chi connectivity index (χ0) is 13.0. The monoisotopic (exact) mass is 253 g/mol. The van der Waals surface area contributed by atoms with Gasteiger partial charge in [-0.25, -0.2) is 0 Å². The number of nitrogens with one attached hydrogen (secondary N) is 1. The average molecular weight is 253 g/mol. The molecular weight excluding hydrogens is 222 g/mol. The van der Waals surface area contributed by atoms with Gasteiger partial charge in [-0.05, 0) is 69.2 Å². The van der Waals surface area contributed by atoms with E-state index in [-0.39, 0.29) is 0 Å². The van der Waals surface area contributed by atoms with Crippen molar-refractivity contribution in [1.29, 1.82) is 0 Å². The zero-order valence-electron chi connectivity index (χ0n) is 12.5. The van der Waals surface area contributed by atoms with Crippen molar-refractivity contribution in [3.05, 3.63) is 0 Å². The van der Waals surface area contributed by atoms with Crippen molar-refractivity contribution < 1.29 is 4.74 Å². The van der Waals surface area contributed by atoms with E-state index in [1.807, 2.05) is 0 Å². The van der Waals surface area contributed by atoms with Gasteiger partial charge in [0.15, 0.2) is 0 Å². The van der Waals surface area contributed by atoms with Gasteiger partial charge in [0, 0.05) is 12.6 Å². The van der Waals surface area contributed by atoms with E-state index in [4.69, 9.17) is 4.74 Å². The quantitative estimate of drug-likeness (QED) is 0.828. The summed E-state index contributed by atoms with van der Waals surface area (Å²) in [6.07, 6.45) is 8.33. The van der Waals surface area contributed by atoms with Crippen LogP contribution in [-0.4, -0.2) is 26.3 Å². The second-order valence-corrected chi connectivity index (χ2v) is 6.71. The predicted molar refractivity (Wildman–Crippen MR) is 76.7 cm³/mol. The molecule has 2 heteroatoms. The van der Waals surface area contributed by atoms with Crippen molar-refractivity contribution in [2.24, 2.45) is 23.7 Å². The molecule has 1 heterocycles. The Morgan fingerprint density at radius 1 is 0.944 bits per heavy atom. The van der Waals surface area contributed by atoms with Crippen LogP contribution in [0.5, 0.6) is 0 Å². The standard InChI is InChI=1S/C16H31NO/c1-12(2)13-6-8-14(9-7-13)16(17-3)15-5-4-10-18-11-15/h12-17H,4-11H2,1-3H3. The van der Waals surface area contributed by atoms with Crippen LogP contribution in [0.3, 0.4) is 0 Å². The zero-order valence-corrected chi connectivity index (χ0v) is 12.5. The first kappa shape index (κ1) is 14.3. The van der Waals surface area contributed by atoms with Crippen LogP contribution >= 0.6 is 0 Å². The molecule has 0 aromatic carbocycles. The van der Waals surface area contributed by atoms with Gasteiger partial charge in [-0.3, -0.25) is 0 Å². The van der Waals surface area contributed by atoms with Gasteiger partial charge < -0.3 is 10.1 Å². The summed E-state index contributed by atoms with van der Waals surface area (Å²) in [5.41, 5.74) is 0. The Kier molecular flexibility index (Phi) is 5.50. The van der Waals surface area contributed by atoms with Gasteiger partial charge in [-0.2, -0.15) is 0 Å². The van der Waals surface area contributed by atoms with Crippen LogP contribution in [0.1, 0.15) is 52.4 Å². The molecular formula is C16H31NO. The van der Waals surface area contributed by atoms with E-state index in [1.165, 1.54) is 38.5 Å². The van der Waals surface area contributed by atoms with Crippen LogP contribution in [0.25, 0.3) is 0 Å². The van der Waals surface area contributed by atoms with Crippen LogP contribution in [0, 0.1) is 23.7 Å². The van der Waals surface area contributed by atoms with E-state index < -0.39 is 0 Å². The minimum Gasteiger partial charge on any atom is -0.381 e. The first-order chi connectivity index (χ1) is 8.72. The molecule has 0 radical (unpaired) electrons. The SMILES string of the molecule is CNC(C1CCC(C(C)C)CC1)C1CCCOC1. The summed E-state index contributed by atoms with van der Waals surface area (Å²) in [5.74, 6) is 3.49. The van der Waals surface area contributed by atoms with E-state index in [0.29, 0.717) is 6.04 Å². The topological polar surface area (TPSA) is 21.3 Å². The molecule has 0 spiro atoms. The second kappa shape index (κ2) is 6.91. The Labute approximate surface area is 113 Å². The summed E-state index contributed by atoms with van der Waals surface area (Å²) in [6, 6.07) is 0.693. The minimum atomic E-state index is 0.693. The molecule has 1 aliphatic heterocycles. The summed E-state index contributed by atoms with van der Waals surface area (Å²) in [4.78, 5) is 0. The van der Waals surface area contributed by atoms with Crippen molar-refractivity contribution in [2.45, 2.75) is 58.4 Å². The van der Waals surface area contributed by atoms with Crippen molar-refractivity contribution in [3.63, 3.8) is 0 Å². The maximum Gasteiger partial charge on any atom is 0.0509 e. The molecule has 18 heavy (non-hydrogen) atoms. The van der Waals surface area contributed by atoms with E-state index in [1.54, 1.807) is 0 Å². The smallest absolute Gasteiger partial charge is 0.0509 e. The molecule has 1 saturated heterocycles. The largest absolute Gasteiger partial charge is 0.381 e. The summed E-state index contributed by atoms with van der Waals surface area (Å²) < 4.78 is 5.68. The van der Waals surface area contributed by atoms with E-state index >= 15 is 0 Å². The van der Waals surface area contributed by atoms with Gasteiger partial charge in [0.1, 0.15) is 0 Å². The third-order valence-electron chi connectivity index (χ3n) is 5.30. The first-order valence-electron chi connectivity index (χ1n) is 7.97. The third-order valence-corrected chi connectivity index (χ3v) is 5.30. The van der Waals surface area contributed by atoms with Crippen molar-refractivity contribution in [3.8, 4) is 0 Å². The van der Waals surface area contributed by atoms with Crippen molar-refractivity contribution >= 4 is 0 Å². The highest BCUT2D eigenvalue weighted by molar-refractivity contribution is 4.87. The van der Waals surface area contributed by atoms with E-state index in [9.17, 15) is 0 Å². The molecule has 0 aromatic heterocycles. The lowest BCUT2D eigenvalue weighted by Gasteiger charge is -2.40. The normalized spacial score (nSPS) is 35.7. The van der Waals surface area contributed by atoms with E-state index in [0.717, 1.165) is 36.9 Å². The number of ether oxygens (including phenoxy) is 1. The van der Waals surface area contributed by atoms with Gasteiger partial charge in [0.25, 0.3) is 0 Å². The fourth-order valence-corrected chi connectivity index (χ4v) is 4.08. The summed E-state index contributed by atoms with van der Waals surface area (Å²) >= 11 is 0. The van der Waals surface area contributed by atoms with Crippen molar-refractivity contribution in [1.82, 2.24) is 5.32 Å². The molecule has 2 unspecified atom stereocenters. The summed E-state index contributed by atoms with van der Waals surface area (Å²) in [5, 5.41) is 3.61. The van der Waals surface area contributed by atoms with Crippen molar-refractivity contribution in [2.75, 3.05) is 20.3 Å². The minimum absolute atomic E-state index is 0.693. The second-order valence-electron chi connectivity index (χ2n) is 6.71. The number of hydrogen-bond donors (Lipinski definition) is 1. The Hall–Kier alpha value is -0.0800. The lowest BCUT2D eigenvalue weighted by Crippen LogP contribution is -2.45. The highest BCUT2D eigenvalue weighted by Gasteiger charge is 2.33. The summed E-state index contributed by atoms with van der Waals surface area (Å²) in [6.45, 7) is 6.73. The lowest BCUT2D eigenvalue weighted by atomic mass is 9.71. The highest BCUT2D eigenvalue weighted by atomic mass is 16.5. The van der Waals surface area contributed by atoms with Gasteiger partial charge in [-0.15, -0.1) is 0 Å². The molecule has 0 amide bonds. The molecule has 0 bridgehead atoms. The van der Waals surface area contributed by atoms with Crippen LogP contribution in [-0.2, 0) is 4.74 Å². The van der Waals surface area contributed by atoms with Gasteiger partial charge in [0.2, 0.25) is 0 Å². The molecule has 106 valence electrons. The maximum atomic E-state index is 5.68. The molecule has 2 nitrogen and oxygen atoms in total. The van der Waals surface area contributed by atoms with Gasteiger partial charge in [0.05, 0.1) is 6.61 Å². The number of rotatable bonds is 4. The van der Waals surface area contributed by atoms with Crippen LogP contribution < -0.4 is 5.32 Å². The van der Waals surface area contributed by atoms with Gasteiger partial charge in [-0.1, -0.05) is 13.8 Å². The first-order valence-corrected chi connectivity index (χ1v) is 7.97. The molecule has 2 aliphatic rings. The summed E-state index contributed by atoms with van der Waals surface area (Å²) in [7, 11) is 2.15. The average Bonchev–Trinajstić information content (AvgIpc) is 2.41. The fraction of sp³-hybridized carbons (Fsp3) is 1.00. The molecule has 1 N–H and O–H groups in total. The van der Waals surface area contributed by atoms with Crippen LogP contribution in [0.2, 0.25) is 0 Å². The molecule has 1 aliphatic carbocycles. The lowest BCUT2D eigenvalue weighted by molar-refractivity contribution is 0.0230. The van der Waals surface area contributed by atoms with Gasteiger partial charge >= 0.3 is 0 Å².